The van der Waals surface area contributed by atoms with Crippen molar-refractivity contribution in [2.24, 2.45) is 0 Å². The molecule has 0 atom stereocenters. The van der Waals surface area contributed by atoms with Crippen LogP contribution < -0.4 is 61.6 Å². The van der Waals surface area contributed by atoms with Crippen molar-refractivity contribution < 1.29 is 69.1 Å². The van der Waals surface area contributed by atoms with Gasteiger partial charge in [-0.1, -0.05) is 23.2 Å². The third kappa shape index (κ3) is 3.78. The fourth-order valence-electron chi connectivity index (χ4n) is 1.51. The quantitative estimate of drug-likeness (QED) is 0.627. The molecule has 1 rings (SSSR count). The van der Waals surface area contributed by atoms with Gasteiger partial charge in [0.25, 0.3) is 0 Å². The topological polar surface area (TPSA) is 9.23 Å². The molecule has 0 N–H and O–H groups in total. The molecule has 15 heavy (non-hydrogen) atoms. The third-order valence-corrected chi connectivity index (χ3v) is 2.00. The van der Waals surface area contributed by atoms with Gasteiger partial charge in [0.2, 0.25) is 0 Å². The Morgan fingerprint density at radius 1 is 1.13 bits per heavy atom. The zero-order valence-electron chi connectivity index (χ0n) is 9.27. The van der Waals surface area contributed by atoms with Crippen LogP contribution in [0.3, 0.4) is 0 Å². The van der Waals surface area contributed by atoms with Crippen LogP contribution in [-0.2, 0) is 0 Å². The number of rotatable bonds is 2. The van der Waals surface area contributed by atoms with E-state index in [0.717, 1.165) is 6.07 Å². The van der Waals surface area contributed by atoms with Crippen molar-refractivity contribution in [3.05, 3.63) is 23.3 Å². The normalized spacial score (nSPS) is 10.8. The van der Waals surface area contributed by atoms with Gasteiger partial charge in [0, 0.05) is 0 Å². The van der Waals surface area contributed by atoms with E-state index in [1.165, 1.54) is 7.11 Å². The summed E-state index contributed by atoms with van der Waals surface area (Å²) in [5.74, 6) is -0.0666. The van der Waals surface area contributed by atoms with Crippen molar-refractivity contribution >= 4 is 12.4 Å². The number of hydrogen-bond donors (Lipinski definition) is 0. The Bertz CT molecular complexity index is 352. The van der Waals surface area contributed by atoms with Crippen LogP contribution in [0.2, 0.25) is 0 Å². The van der Waals surface area contributed by atoms with Crippen molar-refractivity contribution in [1.82, 2.24) is 0 Å². The summed E-state index contributed by atoms with van der Waals surface area (Å²) < 4.78 is 42.5. The minimum atomic E-state index is -5.00. The summed E-state index contributed by atoms with van der Waals surface area (Å²) in [6, 6.07) is 2.79. The maximum atomic E-state index is 12.6. The summed E-state index contributed by atoms with van der Waals surface area (Å²) in [7, 11) is 1.25. The Kier molecular flexibility index (Phi) is 5.92. The Morgan fingerprint density at radius 3 is 2.07 bits per heavy atom. The van der Waals surface area contributed by atoms with Crippen LogP contribution in [0.15, 0.2) is 12.1 Å². The van der Waals surface area contributed by atoms with Crippen LogP contribution in [0, 0.1) is 13.8 Å². The Hall–Kier alpha value is 0.511. The molecule has 0 spiro atoms. The second-order valence-corrected chi connectivity index (χ2v) is 3.28. The molecule has 0 amide bonds. The van der Waals surface area contributed by atoms with Crippen molar-refractivity contribution in [2.45, 2.75) is 13.8 Å². The first kappa shape index (κ1) is 15.5. The first-order chi connectivity index (χ1) is 6.36. The number of aryl methyl sites for hydroxylation is 2. The molecule has 1 nitrogen and oxygen atoms in total. The summed E-state index contributed by atoms with van der Waals surface area (Å²) in [5.41, 5.74) is 0.462. The van der Waals surface area contributed by atoms with Gasteiger partial charge in [-0.15, -0.1) is 0 Å². The summed E-state index contributed by atoms with van der Waals surface area (Å²) in [6.07, 6.45) is 0. The molecule has 0 radical (unpaired) electrons. The average Bonchev–Trinajstić information content (AvgIpc) is 2.01. The van der Waals surface area contributed by atoms with Crippen molar-refractivity contribution in [3.63, 3.8) is 0 Å². The minimum absolute atomic E-state index is 0. The summed E-state index contributed by atoms with van der Waals surface area (Å²) >= 11 is 0. The summed E-state index contributed by atoms with van der Waals surface area (Å²) in [5, 5.41) is 0. The second-order valence-electron chi connectivity index (χ2n) is 3.28. The largest absolute Gasteiger partial charge is 1.00 e. The number of methoxy groups -OCH3 is 1. The van der Waals surface area contributed by atoms with Gasteiger partial charge in [-0.3, -0.25) is 0 Å². The van der Waals surface area contributed by atoms with E-state index >= 15 is 0 Å². The Balaban J connectivity index is 0.00000196. The standard InChI is InChI=1S/C9H11BF3O.K/c1-6-4-7(2)9(14-3)8(5-6)10(11,12)13;/h4-5H,1-3H3;/q-1;+1. The molecular weight excluding hydrogens is 231 g/mol. The van der Waals surface area contributed by atoms with Gasteiger partial charge in [-0.2, -0.15) is 0 Å². The molecule has 0 aliphatic heterocycles. The maximum absolute atomic E-state index is 12.6. The molecule has 0 aliphatic rings. The van der Waals surface area contributed by atoms with E-state index in [1.54, 1.807) is 19.9 Å². The molecule has 0 saturated heterocycles. The van der Waals surface area contributed by atoms with Gasteiger partial charge in [0.1, 0.15) is 0 Å². The predicted octanol–water partition coefficient (Wildman–Crippen LogP) is -0.630. The number of hydrogen-bond acceptors (Lipinski definition) is 1. The first-order valence-corrected chi connectivity index (χ1v) is 4.21. The molecule has 0 unspecified atom stereocenters. The molecule has 1 aromatic carbocycles. The average molecular weight is 242 g/mol. The molecule has 6 heteroatoms. The van der Waals surface area contributed by atoms with Gasteiger partial charge in [0.05, 0.1) is 12.9 Å². The zero-order valence-corrected chi connectivity index (χ0v) is 12.4. The molecule has 0 bridgehead atoms. The molecular formula is C9H11BF3KO. The minimum Gasteiger partial charge on any atom is -0.499 e. The van der Waals surface area contributed by atoms with Crippen LogP contribution in [0.4, 0.5) is 12.9 Å². The fraction of sp³-hybridized carbons (Fsp3) is 0.333. The molecule has 0 saturated carbocycles. The van der Waals surface area contributed by atoms with Gasteiger partial charge in [-0.25, -0.2) is 0 Å². The van der Waals surface area contributed by atoms with Crippen molar-refractivity contribution in [3.8, 4) is 5.75 Å². The van der Waals surface area contributed by atoms with Gasteiger partial charge in [0.15, 0.2) is 0 Å². The zero-order chi connectivity index (χ0) is 10.9. The second kappa shape index (κ2) is 5.72. The van der Waals surface area contributed by atoms with Gasteiger partial charge in [-0.05, 0) is 19.4 Å². The Morgan fingerprint density at radius 2 is 1.67 bits per heavy atom. The Labute approximate surface area is 130 Å². The predicted molar refractivity (Wildman–Crippen MR) is 51.2 cm³/mol. The first-order valence-electron chi connectivity index (χ1n) is 4.21. The molecule has 0 fully saturated rings. The van der Waals surface area contributed by atoms with E-state index in [2.05, 4.69) is 0 Å². The van der Waals surface area contributed by atoms with Crippen molar-refractivity contribution in [1.29, 1.82) is 0 Å². The van der Waals surface area contributed by atoms with E-state index in [9.17, 15) is 12.9 Å². The molecule has 0 aromatic heterocycles. The molecule has 1 aromatic rings. The van der Waals surface area contributed by atoms with Gasteiger partial charge < -0.3 is 17.7 Å². The SMILES string of the molecule is COc1c(C)cc(C)cc1[B-](F)(F)F.[K+]. The van der Waals surface area contributed by atoms with Crippen LogP contribution in [0.5, 0.6) is 5.75 Å². The van der Waals surface area contributed by atoms with Crippen LogP contribution in [0.25, 0.3) is 0 Å². The van der Waals surface area contributed by atoms with E-state index in [-0.39, 0.29) is 57.1 Å². The van der Waals surface area contributed by atoms with E-state index in [4.69, 9.17) is 4.74 Å². The van der Waals surface area contributed by atoms with E-state index in [0.29, 0.717) is 11.1 Å². The van der Waals surface area contributed by atoms with E-state index in [1.807, 2.05) is 0 Å². The molecule has 0 aliphatic carbocycles. The smallest absolute Gasteiger partial charge is 0.499 e. The number of benzene rings is 1. The van der Waals surface area contributed by atoms with Crippen molar-refractivity contribution in [2.75, 3.05) is 7.11 Å². The summed E-state index contributed by atoms with van der Waals surface area (Å²) in [6.45, 7) is -1.76. The molecule has 0 heterocycles. The van der Waals surface area contributed by atoms with Crippen LogP contribution in [-0.4, -0.2) is 14.1 Å². The number of halogens is 3. The van der Waals surface area contributed by atoms with Gasteiger partial charge >= 0.3 is 58.4 Å². The van der Waals surface area contributed by atoms with Crippen LogP contribution >= 0.6 is 0 Å². The number of ether oxygens (including phenoxy) is 1. The maximum Gasteiger partial charge on any atom is 1.00 e. The molecule has 78 valence electrons. The third-order valence-electron chi connectivity index (χ3n) is 2.00. The monoisotopic (exact) mass is 242 g/mol. The van der Waals surface area contributed by atoms with Crippen LogP contribution in [0.1, 0.15) is 11.1 Å². The fourth-order valence-corrected chi connectivity index (χ4v) is 1.51. The summed E-state index contributed by atoms with van der Waals surface area (Å²) in [4.78, 5) is 0. The van der Waals surface area contributed by atoms with E-state index < -0.39 is 12.4 Å².